The molecule has 0 saturated heterocycles. The highest BCUT2D eigenvalue weighted by molar-refractivity contribution is 5.78. The van der Waals surface area contributed by atoms with Gasteiger partial charge in [-0.3, -0.25) is 9.59 Å². The Morgan fingerprint density at radius 1 is 1.53 bits per heavy atom. The van der Waals surface area contributed by atoms with Gasteiger partial charge in [-0.2, -0.15) is 0 Å². The van der Waals surface area contributed by atoms with Crippen molar-refractivity contribution in [1.29, 1.82) is 0 Å². The number of carbonyl (C=O) groups excluding carboxylic acids is 1. The van der Waals surface area contributed by atoms with Crippen LogP contribution in [0.15, 0.2) is 10.6 Å². The van der Waals surface area contributed by atoms with Crippen LogP contribution in [-0.4, -0.2) is 46.2 Å². The molecule has 0 aliphatic heterocycles. The molecular formula is C12H18N2O5. The van der Waals surface area contributed by atoms with Gasteiger partial charge in [0.15, 0.2) is 6.61 Å². The van der Waals surface area contributed by atoms with Crippen molar-refractivity contribution >= 4 is 11.9 Å². The molecule has 106 valence electrons. The SMILES string of the molecule is Cc1cc(OCC(=O)N(CCC(=O)O)C(C)C)no1. The number of aliphatic carboxylic acids is 1. The third-order valence-corrected chi connectivity index (χ3v) is 2.46. The van der Waals surface area contributed by atoms with Crippen molar-refractivity contribution in [2.24, 2.45) is 0 Å². The van der Waals surface area contributed by atoms with Crippen molar-refractivity contribution in [3.8, 4) is 5.88 Å². The van der Waals surface area contributed by atoms with Crippen molar-refractivity contribution in [2.75, 3.05) is 13.2 Å². The van der Waals surface area contributed by atoms with Crippen LogP contribution in [0, 0.1) is 6.92 Å². The summed E-state index contributed by atoms with van der Waals surface area (Å²) in [7, 11) is 0. The number of carbonyl (C=O) groups is 2. The first-order valence-corrected chi connectivity index (χ1v) is 5.97. The Balaban J connectivity index is 2.49. The van der Waals surface area contributed by atoms with Gasteiger partial charge in [-0.05, 0) is 25.9 Å². The Bertz CT molecular complexity index is 441. The fourth-order valence-electron chi connectivity index (χ4n) is 1.52. The lowest BCUT2D eigenvalue weighted by molar-refractivity contribution is -0.139. The molecule has 1 aromatic rings. The van der Waals surface area contributed by atoms with Crippen LogP contribution in [-0.2, 0) is 9.59 Å². The second-order valence-corrected chi connectivity index (χ2v) is 4.39. The highest BCUT2D eigenvalue weighted by atomic mass is 16.5. The van der Waals surface area contributed by atoms with E-state index >= 15 is 0 Å². The van der Waals surface area contributed by atoms with E-state index in [1.807, 2.05) is 13.8 Å². The highest BCUT2D eigenvalue weighted by Gasteiger charge is 2.18. The van der Waals surface area contributed by atoms with E-state index in [2.05, 4.69) is 5.16 Å². The maximum Gasteiger partial charge on any atom is 0.305 e. The zero-order valence-corrected chi connectivity index (χ0v) is 11.3. The molecule has 0 saturated carbocycles. The number of carboxylic acids is 1. The summed E-state index contributed by atoms with van der Waals surface area (Å²) in [5, 5.41) is 12.2. The van der Waals surface area contributed by atoms with E-state index in [-0.39, 0.29) is 37.4 Å². The van der Waals surface area contributed by atoms with Crippen molar-refractivity contribution in [1.82, 2.24) is 10.1 Å². The first-order valence-electron chi connectivity index (χ1n) is 5.97. The summed E-state index contributed by atoms with van der Waals surface area (Å²) in [4.78, 5) is 23.9. The van der Waals surface area contributed by atoms with E-state index in [0.29, 0.717) is 5.76 Å². The Morgan fingerprint density at radius 2 is 2.21 bits per heavy atom. The van der Waals surface area contributed by atoms with E-state index in [0.717, 1.165) is 0 Å². The second-order valence-electron chi connectivity index (χ2n) is 4.39. The molecule has 0 bridgehead atoms. The van der Waals surface area contributed by atoms with Gasteiger partial charge in [0.2, 0.25) is 0 Å². The summed E-state index contributed by atoms with van der Waals surface area (Å²) in [5.41, 5.74) is 0. The normalized spacial score (nSPS) is 10.5. The number of hydrogen-bond donors (Lipinski definition) is 1. The number of rotatable bonds is 7. The molecule has 0 unspecified atom stereocenters. The third kappa shape index (κ3) is 4.99. The lowest BCUT2D eigenvalue weighted by Crippen LogP contribution is -2.41. The second kappa shape index (κ2) is 6.77. The van der Waals surface area contributed by atoms with Gasteiger partial charge in [-0.15, -0.1) is 0 Å². The molecule has 0 aliphatic rings. The van der Waals surface area contributed by atoms with Crippen LogP contribution in [0.2, 0.25) is 0 Å². The molecule has 0 atom stereocenters. The van der Waals surface area contributed by atoms with Gasteiger partial charge in [0.25, 0.3) is 11.8 Å². The van der Waals surface area contributed by atoms with Gasteiger partial charge < -0.3 is 19.3 Å². The molecule has 0 aliphatic carbocycles. The van der Waals surface area contributed by atoms with Crippen molar-refractivity contribution in [2.45, 2.75) is 33.2 Å². The van der Waals surface area contributed by atoms with Crippen LogP contribution < -0.4 is 4.74 Å². The Hall–Kier alpha value is -2.05. The molecule has 1 amide bonds. The lowest BCUT2D eigenvalue weighted by Gasteiger charge is -2.25. The van der Waals surface area contributed by atoms with Crippen LogP contribution in [0.1, 0.15) is 26.0 Å². The monoisotopic (exact) mass is 270 g/mol. The predicted molar refractivity (Wildman–Crippen MR) is 65.8 cm³/mol. The number of hydrogen-bond acceptors (Lipinski definition) is 5. The average Bonchev–Trinajstić information content (AvgIpc) is 2.72. The van der Waals surface area contributed by atoms with Crippen LogP contribution in [0.5, 0.6) is 5.88 Å². The summed E-state index contributed by atoms with van der Waals surface area (Å²) in [5.74, 6) is -0.384. The lowest BCUT2D eigenvalue weighted by atomic mass is 10.3. The summed E-state index contributed by atoms with van der Waals surface area (Å²) in [6.45, 7) is 5.33. The molecule has 1 N–H and O–H groups in total. The molecule has 7 heteroatoms. The first kappa shape index (κ1) is 15.0. The number of ether oxygens (including phenoxy) is 1. The number of aryl methyl sites for hydroxylation is 1. The summed E-state index contributed by atoms with van der Waals surface area (Å²) in [6.07, 6.45) is -0.0903. The summed E-state index contributed by atoms with van der Waals surface area (Å²) in [6, 6.07) is 1.49. The fraction of sp³-hybridized carbons (Fsp3) is 0.583. The minimum absolute atomic E-state index is 0.0884. The number of nitrogens with zero attached hydrogens (tertiary/aromatic N) is 2. The number of aromatic nitrogens is 1. The average molecular weight is 270 g/mol. The zero-order valence-electron chi connectivity index (χ0n) is 11.3. The van der Waals surface area contributed by atoms with E-state index in [1.54, 1.807) is 13.0 Å². The van der Waals surface area contributed by atoms with E-state index < -0.39 is 5.97 Å². The van der Waals surface area contributed by atoms with Crippen molar-refractivity contribution in [3.05, 3.63) is 11.8 Å². The molecule has 1 aromatic heterocycles. The van der Waals surface area contributed by atoms with E-state index in [1.165, 1.54) is 4.90 Å². The molecule has 0 fully saturated rings. The minimum Gasteiger partial charge on any atom is -0.481 e. The van der Waals surface area contributed by atoms with Crippen molar-refractivity contribution in [3.63, 3.8) is 0 Å². The zero-order chi connectivity index (χ0) is 14.4. The third-order valence-electron chi connectivity index (χ3n) is 2.46. The maximum atomic E-state index is 11.9. The van der Waals surface area contributed by atoms with Gasteiger partial charge in [-0.25, -0.2) is 0 Å². The maximum absolute atomic E-state index is 11.9. The van der Waals surface area contributed by atoms with Gasteiger partial charge in [0.05, 0.1) is 6.42 Å². The van der Waals surface area contributed by atoms with E-state index in [9.17, 15) is 9.59 Å². The van der Waals surface area contributed by atoms with Gasteiger partial charge >= 0.3 is 5.97 Å². The molecule has 1 rings (SSSR count). The van der Waals surface area contributed by atoms with Gasteiger partial charge in [0, 0.05) is 18.7 Å². The molecule has 0 radical (unpaired) electrons. The fourth-order valence-corrected chi connectivity index (χ4v) is 1.52. The molecule has 7 nitrogen and oxygen atoms in total. The van der Waals surface area contributed by atoms with Crippen LogP contribution in [0.25, 0.3) is 0 Å². The molecular weight excluding hydrogens is 252 g/mol. The standard InChI is InChI=1S/C12H18N2O5/c1-8(2)14(5-4-12(16)17)11(15)7-18-10-6-9(3)19-13-10/h6,8H,4-5,7H2,1-3H3,(H,16,17). The van der Waals surface area contributed by atoms with Crippen LogP contribution in [0.3, 0.4) is 0 Å². The molecule has 19 heavy (non-hydrogen) atoms. The van der Waals surface area contributed by atoms with Crippen molar-refractivity contribution < 1.29 is 24.0 Å². The van der Waals surface area contributed by atoms with Crippen LogP contribution >= 0.6 is 0 Å². The number of carboxylic acid groups (broad SMARTS) is 1. The van der Waals surface area contributed by atoms with Crippen LogP contribution in [0.4, 0.5) is 0 Å². The molecule has 1 heterocycles. The number of amides is 1. The largest absolute Gasteiger partial charge is 0.481 e. The van der Waals surface area contributed by atoms with Gasteiger partial charge in [-0.1, -0.05) is 0 Å². The Morgan fingerprint density at radius 3 is 2.68 bits per heavy atom. The quantitative estimate of drug-likeness (QED) is 0.796. The Kier molecular flexibility index (Phi) is 5.35. The predicted octanol–water partition coefficient (Wildman–Crippen LogP) is 1.07. The summed E-state index contributed by atoms with van der Waals surface area (Å²) < 4.78 is 9.99. The molecule has 0 aromatic carbocycles. The molecule has 0 spiro atoms. The summed E-state index contributed by atoms with van der Waals surface area (Å²) >= 11 is 0. The minimum atomic E-state index is -0.938. The smallest absolute Gasteiger partial charge is 0.305 e. The van der Waals surface area contributed by atoms with E-state index in [4.69, 9.17) is 14.4 Å². The Labute approximate surface area is 111 Å². The first-order chi connectivity index (χ1) is 8.90. The highest BCUT2D eigenvalue weighted by Crippen LogP contribution is 2.10. The topological polar surface area (TPSA) is 92.9 Å². The van der Waals surface area contributed by atoms with Gasteiger partial charge in [0.1, 0.15) is 5.76 Å².